The Hall–Kier alpha value is -3.35. The molecule has 1 aromatic heterocycles. The van der Waals surface area contributed by atoms with Gasteiger partial charge in [0.2, 0.25) is 10.0 Å². The Morgan fingerprint density at radius 2 is 2.05 bits per heavy atom. The minimum atomic E-state index is -3.84. The second-order valence-electron chi connectivity index (χ2n) is 9.74. The lowest BCUT2D eigenvalue weighted by atomic mass is 9.79. The summed E-state index contributed by atoms with van der Waals surface area (Å²) in [7, 11) is -0.239. The Kier molecular flexibility index (Phi) is 7.62. The molecule has 2 aromatic carbocycles. The number of methoxy groups -OCH3 is 1. The predicted molar refractivity (Wildman–Crippen MR) is 147 cm³/mol. The number of nitriles is 1. The molecule has 0 amide bonds. The van der Waals surface area contributed by atoms with Crippen LogP contribution in [0, 0.1) is 28.6 Å². The highest BCUT2D eigenvalue weighted by molar-refractivity contribution is 7.89. The van der Waals surface area contributed by atoms with Gasteiger partial charge in [-0.2, -0.15) is 5.26 Å². The number of nitrogens with two attached hydrogens (primary N) is 1. The smallest absolute Gasteiger partial charge is 0.238 e. The molecule has 0 saturated carbocycles. The first kappa shape index (κ1) is 26.7. The van der Waals surface area contributed by atoms with Gasteiger partial charge in [-0.1, -0.05) is 25.7 Å². The van der Waals surface area contributed by atoms with Crippen LogP contribution in [-0.4, -0.2) is 58.1 Å². The zero-order chi connectivity index (χ0) is 26.8. The van der Waals surface area contributed by atoms with Gasteiger partial charge in [0.25, 0.3) is 0 Å². The minimum Gasteiger partial charge on any atom is -0.495 e. The molecule has 9 nitrogen and oxygen atoms in total. The van der Waals surface area contributed by atoms with E-state index >= 15 is 0 Å². The van der Waals surface area contributed by atoms with Gasteiger partial charge in [0.1, 0.15) is 17.3 Å². The van der Waals surface area contributed by atoms with Crippen molar-refractivity contribution >= 4 is 43.0 Å². The fraction of sp³-hybridized carbons (Fsp3) is 0.385. The van der Waals surface area contributed by atoms with Gasteiger partial charge >= 0.3 is 0 Å². The number of benzene rings is 2. The van der Waals surface area contributed by atoms with E-state index in [4.69, 9.17) is 9.88 Å². The van der Waals surface area contributed by atoms with Crippen molar-refractivity contribution in [1.29, 1.82) is 5.26 Å². The summed E-state index contributed by atoms with van der Waals surface area (Å²) < 4.78 is 29.5. The van der Waals surface area contributed by atoms with Gasteiger partial charge in [-0.05, 0) is 49.7 Å². The number of piperidine rings is 1. The number of hydrogen-bond donors (Lipinski definition) is 3. The first-order chi connectivity index (χ1) is 17.5. The fourth-order valence-corrected chi connectivity index (χ4v) is 5.94. The number of likely N-dealkylation sites (tertiary alicyclic amines) is 1. The van der Waals surface area contributed by atoms with E-state index in [0.29, 0.717) is 22.0 Å². The SMILES string of the molecule is COc1cc(S(N)(=O)=O)ccc1NCC#Cc1c(NC2CCN(C)CC2(C)C)ccc2sc(C#N)nc12. The lowest BCUT2D eigenvalue weighted by molar-refractivity contribution is 0.126. The van der Waals surface area contributed by atoms with Crippen molar-refractivity contribution in [3.63, 3.8) is 0 Å². The molecule has 11 heteroatoms. The summed E-state index contributed by atoms with van der Waals surface area (Å²) >= 11 is 1.34. The van der Waals surface area contributed by atoms with Crippen LogP contribution in [0.3, 0.4) is 0 Å². The summed E-state index contributed by atoms with van der Waals surface area (Å²) in [5.74, 6) is 6.75. The number of nitrogens with one attached hydrogen (secondary N) is 2. The highest BCUT2D eigenvalue weighted by atomic mass is 32.2. The number of hydrogen-bond acceptors (Lipinski definition) is 9. The number of ether oxygens (including phenoxy) is 1. The second-order valence-corrected chi connectivity index (χ2v) is 12.3. The molecule has 1 fully saturated rings. The molecule has 1 unspecified atom stereocenters. The summed E-state index contributed by atoms with van der Waals surface area (Å²) in [6.07, 6.45) is 1.00. The number of primary sulfonamides is 1. The van der Waals surface area contributed by atoms with Gasteiger partial charge in [-0.25, -0.2) is 18.5 Å². The molecular weight excluding hydrogens is 508 g/mol. The third kappa shape index (κ3) is 5.97. The first-order valence-corrected chi connectivity index (χ1v) is 14.1. The number of sulfonamides is 1. The van der Waals surface area contributed by atoms with Gasteiger partial charge < -0.3 is 20.3 Å². The van der Waals surface area contributed by atoms with Crippen LogP contribution in [0.4, 0.5) is 11.4 Å². The zero-order valence-corrected chi connectivity index (χ0v) is 22.9. The van der Waals surface area contributed by atoms with Crippen molar-refractivity contribution < 1.29 is 13.2 Å². The van der Waals surface area contributed by atoms with Gasteiger partial charge in [-0.15, -0.1) is 11.3 Å². The molecule has 37 heavy (non-hydrogen) atoms. The summed E-state index contributed by atoms with van der Waals surface area (Å²) in [5.41, 5.74) is 3.01. The third-order valence-electron chi connectivity index (χ3n) is 6.49. The molecule has 0 aliphatic carbocycles. The third-order valence-corrected chi connectivity index (χ3v) is 8.32. The molecule has 194 valence electrons. The summed E-state index contributed by atoms with van der Waals surface area (Å²) in [4.78, 5) is 6.84. The maximum absolute atomic E-state index is 11.6. The van der Waals surface area contributed by atoms with Crippen molar-refractivity contribution in [3.8, 4) is 23.7 Å². The molecule has 1 aliphatic heterocycles. The maximum atomic E-state index is 11.6. The van der Waals surface area contributed by atoms with Crippen molar-refractivity contribution in [3.05, 3.63) is 40.9 Å². The van der Waals surface area contributed by atoms with E-state index < -0.39 is 10.0 Å². The molecule has 1 saturated heterocycles. The number of anilines is 2. The molecule has 3 aromatic rings. The molecule has 0 bridgehead atoms. The molecular formula is C26H30N6O3S2. The van der Waals surface area contributed by atoms with Gasteiger partial charge in [0.15, 0.2) is 5.01 Å². The number of thiazole rings is 1. The number of aromatic nitrogens is 1. The topological polar surface area (TPSA) is 133 Å². The van der Waals surface area contributed by atoms with E-state index in [1.807, 2.05) is 12.1 Å². The van der Waals surface area contributed by atoms with E-state index in [-0.39, 0.29) is 22.9 Å². The van der Waals surface area contributed by atoms with Crippen molar-refractivity contribution in [2.75, 3.05) is 44.4 Å². The number of nitrogens with zero attached hydrogens (tertiary/aromatic N) is 3. The van der Waals surface area contributed by atoms with Crippen LogP contribution in [0.5, 0.6) is 5.75 Å². The van der Waals surface area contributed by atoms with E-state index in [1.54, 1.807) is 6.07 Å². The van der Waals surface area contributed by atoms with Gasteiger partial charge in [0.05, 0.1) is 40.2 Å². The predicted octanol–water partition coefficient (Wildman–Crippen LogP) is 3.43. The van der Waals surface area contributed by atoms with Crippen LogP contribution in [0.1, 0.15) is 30.8 Å². The van der Waals surface area contributed by atoms with E-state index in [0.717, 1.165) is 35.5 Å². The molecule has 0 radical (unpaired) electrons. The molecule has 2 heterocycles. The van der Waals surface area contributed by atoms with Crippen molar-refractivity contribution in [2.45, 2.75) is 31.2 Å². The number of fused-ring (bicyclic) bond motifs is 1. The van der Waals surface area contributed by atoms with Crippen LogP contribution in [0.25, 0.3) is 10.2 Å². The Bertz CT molecular complexity index is 1530. The lowest BCUT2D eigenvalue weighted by Crippen LogP contribution is -2.50. The summed E-state index contributed by atoms with van der Waals surface area (Å²) in [6.45, 7) is 6.79. The van der Waals surface area contributed by atoms with E-state index in [9.17, 15) is 13.7 Å². The van der Waals surface area contributed by atoms with Crippen molar-refractivity contribution in [2.24, 2.45) is 10.6 Å². The minimum absolute atomic E-state index is 0.0305. The lowest BCUT2D eigenvalue weighted by Gasteiger charge is -2.43. The van der Waals surface area contributed by atoms with E-state index in [1.165, 1.54) is 30.6 Å². The molecule has 4 rings (SSSR count). The average molecular weight is 539 g/mol. The highest BCUT2D eigenvalue weighted by Crippen LogP contribution is 2.35. The summed E-state index contributed by atoms with van der Waals surface area (Å²) in [6, 6.07) is 10.8. The largest absolute Gasteiger partial charge is 0.495 e. The van der Waals surface area contributed by atoms with Crippen LogP contribution >= 0.6 is 11.3 Å². The van der Waals surface area contributed by atoms with Crippen molar-refractivity contribution in [1.82, 2.24) is 9.88 Å². The Morgan fingerprint density at radius 3 is 2.73 bits per heavy atom. The molecule has 1 aliphatic rings. The molecule has 1 atom stereocenters. The maximum Gasteiger partial charge on any atom is 0.238 e. The second kappa shape index (κ2) is 10.6. The normalized spacial score (nSPS) is 17.5. The van der Waals surface area contributed by atoms with E-state index in [2.05, 4.69) is 59.3 Å². The molecule has 0 spiro atoms. The highest BCUT2D eigenvalue weighted by Gasteiger charge is 2.35. The standard InChI is InChI=1S/C26H30N6O3S2/c1-26(2)16-32(3)13-11-23(26)30-19-9-10-22-25(31-24(15-27)36-22)18(19)6-5-12-29-20-8-7-17(37(28,33)34)14-21(20)35-4/h7-10,14,23,29-30H,11-13,16H2,1-4H3,(H2,28,33,34). The van der Waals surface area contributed by atoms with Gasteiger partial charge in [0, 0.05) is 18.7 Å². The van der Waals surface area contributed by atoms with Crippen LogP contribution in [0.2, 0.25) is 0 Å². The Labute approximate surface area is 221 Å². The average Bonchev–Trinajstić information content (AvgIpc) is 3.27. The molecule has 4 N–H and O–H groups in total. The van der Waals surface area contributed by atoms with Crippen LogP contribution in [0.15, 0.2) is 35.2 Å². The quantitative estimate of drug-likeness (QED) is 0.407. The monoisotopic (exact) mass is 538 g/mol. The van der Waals surface area contributed by atoms with Crippen LogP contribution in [-0.2, 0) is 10.0 Å². The van der Waals surface area contributed by atoms with Crippen LogP contribution < -0.4 is 20.5 Å². The first-order valence-electron chi connectivity index (χ1n) is 11.7. The zero-order valence-electron chi connectivity index (χ0n) is 21.3. The Morgan fingerprint density at radius 1 is 1.30 bits per heavy atom. The van der Waals surface area contributed by atoms with Gasteiger partial charge in [-0.3, -0.25) is 0 Å². The fourth-order valence-electron chi connectivity index (χ4n) is 4.64. The summed E-state index contributed by atoms with van der Waals surface area (Å²) in [5, 5.41) is 21.9. The number of rotatable bonds is 6. The Balaban J connectivity index is 1.62.